The van der Waals surface area contributed by atoms with E-state index in [1.54, 1.807) is 7.11 Å². The summed E-state index contributed by atoms with van der Waals surface area (Å²) in [6.07, 6.45) is 2.97. The second-order valence-corrected chi connectivity index (χ2v) is 8.67. The zero-order chi connectivity index (χ0) is 21.2. The van der Waals surface area contributed by atoms with Crippen molar-refractivity contribution in [2.45, 2.75) is 64.8 Å². The number of fused-ring (bicyclic) bond motifs is 1. The van der Waals surface area contributed by atoms with Gasteiger partial charge in [0.05, 0.1) is 7.11 Å². The number of ether oxygens (including phenoxy) is 2. The Morgan fingerprint density at radius 3 is 2.66 bits per heavy atom. The molecule has 3 rings (SSSR count). The Morgan fingerprint density at radius 1 is 1.24 bits per heavy atom. The van der Waals surface area contributed by atoms with Crippen LogP contribution in [0.3, 0.4) is 0 Å². The van der Waals surface area contributed by atoms with Crippen molar-refractivity contribution in [3.05, 3.63) is 30.5 Å². The quantitative estimate of drug-likeness (QED) is 0.850. The SMILES string of the molecule is COc1ccc2c(ccn2CC(=O)N2CC[C@@H](NC(=O)OC(C)(C)C)C[C@@H]2C)c1. The van der Waals surface area contributed by atoms with Gasteiger partial charge in [-0.25, -0.2) is 4.79 Å². The first-order valence-corrected chi connectivity index (χ1v) is 10.1. The van der Waals surface area contributed by atoms with Crippen LogP contribution in [0.1, 0.15) is 40.5 Å². The van der Waals surface area contributed by atoms with Gasteiger partial charge in [0, 0.05) is 35.7 Å². The molecule has 2 aromatic rings. The summed E-state index contributed by atoms with van der Waals surface area (Å²) < 4.78 is 12.6. The molecule has 29 heavy (non-hydrogen) atoms. The van der Waals surface area contributed by atoms with Crippen LogP contribution >= 0.6 is 0 Å². The number of amides is 2. The predicted octanol–water partition coefficient (Wildman–Crippen LogP) is 3.55. The zero-order valence-corrected chi connectivity index (χ0v) is 17.9. The number of benzene rings is 1. The summed E-state index contributed by atoms with van der Waals surface area (Å²) in [6, 6.07) is 7.90. The molecule has 2 atom stereocenters. The van der Waals surface area contributed by atoms with E-state index in [0.717, 1.165) is 23.1 Å². The smallest absolute Gasteiger partial charge is 0.407 e. The van der Waals surface area contributed by atoms with Crippen LogP contribution in [0.5, 0.6) is 5.75 Å². The summed E-state index contributed by atoms with van der Waals surface area (Å²) in [5.74, 6) is 0.885. The molecule has 1 N–H and O–H groups in total. The van der Waals surface area contributed by atoms with E-state index in [2.05, 4.69) is 5.32 Å². The van der Waals surface area contributed by atoms with Gasteiger partial charge in [-0.15, -0.1) is 0 Å². The second kappa shape index (κ2) is 8.35. The lowest BCUT2D eigenvalue weighted by atomic mass is 9.98. The Labute approximate surface area is 171 Å². The number of aromatic nitrogens is 1. The van der Waals surface area contributed by atoms with Crippen molar-refractivity contribution in [1.29, 1.82) is 0 Å². The molecule has 2 amide bonds. The van der Waals surface area contributed by atoms with Gasteiger partial charge in [0.2, 0.25) is 5.91 Å². The molecule has 1 aromatic carbocycles. The second-order valence-electron chi connectivity index (χ2n) is 8.67. The molecule has 1 aliphatic heterocycles. The summed E-state index contributed by atoms with van der Waals surface area (Å²) in [5.41, 5.74) is 0.490. The van der Waals surface area contributed by atoms with Crippen molar-refractivity contribution in [1.82, 2.24) is 14.8 Å². The minimum absolute atomic E-state index is 0.0174. The number of hydrogen-bond acceptors (Lipinski definition) is 4. The minimum Gasteiger partial charge on any atom is -0.497 e. The molecule has 7 heteroatoms. The number of carbonyl (C=O) groups excluding carboxylic acids is 2. The van der Waals surface area contributed by atoms with Gasteiger partial charge >= 0.3 is 6.09 Å². The van der Waals surface area contributed by atoms with Gasteiger partial charge in [-0.3, -0.25) is 4.79 Å². The van der Waals surface area contributed by atoms with Crippen molar-refractivity contribution < 1.29 is 19.1 Å². The third kappa shape index (κ3) is 5.22. The lowest BCUT2D eigenvalue weighted by Crippen LogP contribution is -2.52. The highest BCUT2D eigenvalue weighted by molar-refractivity contribution is 5.84. The number of carbonyl (C=O) groups is 2. The van der Waals surface area contributed by atoms with Crippen molar-refractivity contribution in [3.8, 4) is 5.75 Å². The molecule has 0 spiro atoms. The van der Waals surface area contributed by atoms with E-state index < -0.39 is 11.7 Å². The van der Waals surface area contributed by atoms with Gasteiger partial charge in [0.15, 0.2) is 0 Å². The van der Waals surface area contributed by atoms with Crippen LogP contribution in [0.2, 0.25) is 0 Å². The molecule has 0 aliphatic carbocycles. The average Bonchev–Trinajstić information content (AvgIpc) is 3.02. The molecule has 0 bridgehead atoms. The van der Waals surface area contributed by atoms with Crippen molar-refractivity contribution in [2.75, 3.05) is 13.7 Å². The van der Waals surface area contributed by atoms with Gasteiger partial charge in [0.1, 0.15) is 17.9 Å². The number of nitrogens with one attached hydrogen (secondary N) is 1. The van der Waals surface area contributed by atoms with Crippen LogP contribution in [0, 0.1) is 0 Å². The summed E-state index contributed by atoms with van der Waals surface area (Å²) in [4.78, 5) is 26.8. The standard InChI is InChI=1S/C22H31N3O4/c1-15-12-17(23-21(27)29-22(2,3)4)9-11-25(15)20(26)14-24-10-8-16-13-18(28-5)6-7-19(16)24/h6-8,10,13,15,17H,9,11-12,14H2,1-5H3,(H,23,27)/t15-,17+/m0/s1. The predicted molar refractivity (Wildman–Crippen MR) is 112 cm³/mol. The molecule has 158 valence electrons. The molecule has 1 aromatic heterocycles. The zero-order valence-electron chi connectivity index (χ0n) is 17.9. The number of alkyl carbamates (subject to hydrolysis) is 1. The normalized spacial score (nSPS) is 19.8. The summed E-state index contributed by atoms with van der Waals surface area (Å²) in [6.45, 7) is 8.48. The van der Waals surface area contributed by atoms with Gasteiger partial charge in [0.25, 0.3) is 0 Å². The average molecular weight is 402 g/mol. The Bertz CT molecular complexity index is 884. The minimum atomic E-state index is -0.518. The largest absolute Gasteiger partial charge is 0.497 e. The van der Waals surface area contributed by atoms with E-state index in [0.29, 0.717) is 19.5 Å². The molecule has 2 heterocycles. The van der Waals surface area contributed by atoms with Crippen LogP contribution in [-0.2, 0) is 16.1 Å². The molecular formula is C22H31N3O4. The maximum Gasteiger partial charge on any atom is 0.407 e. The number of likely N-dealkylation sites (tertiary alicyclic amines) is 1. The molecule has 0 unspecified atom stereocenters. The fourth-order valence-corrected chi connectivity index (χ4v) is 3.83. The number of hydrogen-bond donors (Lipinski definition) is 1. The van der Waals surface area contributed by atoms with Crippen LogP contribution in [0.25, 0.3) is 10.9 Å². The Morgan fingerprint density at radius 2 is 2.00 bits per heavy atom. The van der Waals surface area contributed by atoms with Crippen molar-refractivity contribution >= 4 is 22.9 Å². The van der Waals surface area contributed by atoms with E-state index >= 15 is 0 Å². The first-order chi connectivity index (χ1) is 13.7. The number of methoxy groups -OCH3 is 1. The lowest BCUT2D eigenvalue weighted by Gasteiger charge is -2.38. The molecule has 1 aliphatic rings. The molecule has 1 saturated heterocycles. The summed E-state index contributed by atoms with van der Waals surface area (Å²) in [7, 11) is 1.64. The monoisotopic (exact) mass is 401 g/mol. The third-order valence-electron chi connectivity index (χ3n) is 5.20. The fourth-order valence-electron chi connectivity index (χ4n) is 3.83. The van der Waals surface area contributed by atoms with Gasteiger partial charge in [-0.1, -0.05) is 0 Å². The maximum atomic E-state index is 12.9. The first kappa shape index (κ1) is 21.0. The van der Waals surface area contributed by atoms with Crippen LogP contribution in [0.15, 0.2) is 30.5 Å². The Balaban J connectivity index is 1.58. The third-order valence-corrected chi connectivity index (χ3v) is 5.20. The van der Waals surface area contributed by atoms with E-state index in [1.807, 2.05) is 67.6 Å². The molecule has 7 nitrogen and oxygen atoms in total. The molecule has 0 saturated carbocycles. The Hall–Kier alpha value is -2.70. The van der Waals surface area contributed by atoms with Crippen molar-refractivity contribution in [2.24, 2.45) is 0 Å². The van der Waals surface area contributed by atoms with Gasteiger partial charge in [-0.2, -0.15) is 0 Å². The first-order valence-electron chi connectivity index (χ1n) is 10.1. The highest BCUT2D eigenvalue weighted by Gasteiger charge is 2.30. The van der Waals surface area contributed by atoms with Crippen LogP contribution in [-0.4, -0.2) is 52.8 Å². The van der Waals surface area contributed by atoms with Crippen molar-refractivity contribution in [3.63, 3.8) is 0 Å². The summed E-state index contributed by atoms with van der Waals surface area (Å²) in [5, 5.41) is 3.98. The van der Waals surface area contributed by atoms with E-state index in [-0.39, 0.29) is 18.0 Å². The fraction of sp³-hybridized carbons (Fsp3) is 0.545. The highest BCUT2D eigenvalue weighted by Crippen LogP contribution is 2.23. The van der Waals surface area contributed by atoms with Crippen LogP contribution in [0.4, 0.5) is 4.79 Å². The lowest BCUT2D eigenvalue weighted by molar-refractivity contribution is -0.135. The maximum absolute atomic E-state index is 12.9. The molecule has 0 radical (unpaired) electrons. The topological polar surface area (TPSA) is 72.8 Å². The number of piperidine rings is 1. The van der Waals surface area contributed by atoms with Gasteiger partial charge < -0.3 is 24.3 Å². The summed E-state index contributed by atoms with van der Waals surface area (Å²) >= 11 is 0. The van der Waals surface area contributed by atoms with Crippen LogP contribution < -0.4 is 10.1 Å². The Kier molecular flexibility index (Phi) is 6.05. The van der Waals surface area contributed by atoms with E-state index in [1.165, 1.54) is 0 Å². The molecular weight excluding hydrogens is 370 g/mol. The van der Waals surface area contributed by atoms with E-state index in [4.69, 9.17) is 9.47 Å². The number of nitrogens with zero attached hydrogens (tertiary/aromatic N) is 2. The highest BCUT2D eigenvalue weighted by atomic mass is 16.6. The molecule has 1 fully saturated rings. The van der Waals surface area contributed by atoms with Gasteiger partial charge in [-0.05, 0) is 64.8 Å². The van der Waals surface area contributed by atoms with E-state index in [9.17, 15) is 9.59 Å². The number of rotatable bonds is 4.